The second-order valence-electron chi connectivity index (χ2n) is 4.81. The summed E-state index contributed by atoms with van der Waals surface area (Å²) < 4.78 is 0. The summed E-state index contributed by atoms with van der Waals surface area (Å²) in [6, 6.07) is 12.4. The Bertz CT molecular complexity index is 649. The van der Waals surface area contributed by atoms with Crippen molar-refractivity contribution in [2.75, 3.05) is 11.9 Å². The third-order valence-corrected chi connectivity index (χ3v) is 3.48. The summed E-state index contributed by atoms with van der Waals surface area (Å²) in [5.74, 6) is -0.869. The topological polar surface area (TPSA) is 82.5 Å². The number of aliphatic hydroxyl groups excluding tert-OH is 1. The van der Waals surface area contributed by atoms with Gasteiger partial charge in [-0.2, -0.15) is 0 Å². The van der Waals surface area contributed by atoms with E-state index in [1.54, 1.807) is 13.0 Å². The highest BCUT2D eigenvalue weighted by atomic mass is 35.5. The summed E-state index contributed by atoms with van der Waals surface area (Å²) in [7, 11) is 0. The maximum Gasteiger partial charge on any atom is 0.356 e. The fourth-order valence-corrected chi connectivity index (χ4v) is 2.14. The first kappa shape index (κ1) is 15.3. The third kappa shape index (κ3) is 3.32. The molecule has 0 bridgehead atoms. The molecule has 6 heteroatoms. The van der Waals surface area contributed by atoms with E-state index in [0.29, 0.717) is 5.82 Å². The number of nitrogens with zero attached hydrogens (tertiary/aromatic N) is 1. The van der Waals surface area contributed by atoms with Crippen molar-refractivity contribution in [2.45, 2.75) is 12.5 Å². The molecule has 1 heterocycles. The summed E-state index contributed by atoms with van der Waals surface area (Å²) in [6.45, 7) is 1.63. The maximum atomic E-state index is 11.1. The van der Waals surface area contributed by atoms with Gasteiger partial charge in [-0.25, -0.2) is 9.78 Å². The molecule has 21 heavy (non-hydrogen) atoms. The predicted molar refractivity (Wildman–Crippen MR) is 80.7 cm³/mol. The van der Waals surface area contributed by atoms with Gasteiger partial charge < -0.3 is 15.5 Å². The van der Waals surface area contributed by atoms with Gasteiger partial charge in [0.1, 0.15) is 5.82 Å². The number of aromatic nitrogens is 1. The molecule has 3 N–H and O–H groups in total. The lowest BCUT2D eigenvalue weighted by molar-refractivity contribution is 0.0691. The van der Waals surface area contributed by atoms with Gasteiger partial charge in [-0.15, -0.1) is 0 Å². The van der Waals surface area contributed by atoms with E-state index >= 15 is 0 Å². The van der Waals surface area contributed by atoms with Crippen molar-refractivity contribution in [1.29, 1.82) is 0 Å². The first-order chi connectivity index (χ1) is 9.96. The molecule has 0 aliphatic heterocycles. The van der Waals surface area contributed by atoms with Crippen molar-refractivity contribution in [2.24, 2.45) is 0 Å². The van der Waals surface area contributed by atoms with Crippen LogP contribution in [0.5, 0.6) is 0 Å². The van der Waals surface area contributed by atoms with E-state index in [1.807, 2.05) is 30.3 Å². The number of anilines is 1. The molecule has 1 aromatic carbocycles. The van der Waals surface area contributed by atoms with Crippen molar-refractivity contribution in [3.05, 3.63) is 58.7 Å². The van der Waals surface area contributed by atoms with Gasteiger partial charge in [-0.3, -0.25) is 0 Å². The number of hydrogen-bond acceptors (Lipinski definition) is 4. The first-order valence-corrected chi connectivity index (χ1v) is 6.68. The summed E-state index contributed by atoms with van der Waals surface area (Å²) >= 11 is 5.79. The van der Waals surface area contributed by atoms with Crippen LogP contribution >= 0.6 is 11.6 Å². The number of halogens is 1. The first-order valence-electron chi connectivity index (χ1n) is 6.31. The molecular weight excluding hydrogens is 292 g/mol. The second-order valence-corrected chi connectivity index (χ2v) is 5.22. The monoisotopic (exact) mass is 306 g/mol. The molecule has 2 rings (SSSR count). The van der Waals surface area contributed by atoms with E-state index in [2.05, 4.69) is 10.3 Å². The molecule has 0 aliphatic rings. The zero-order valence-electron chi connectivity index (χ0n) is 11.4. The van der Waals surface area contributed by atoms with Gasteiger partial charge in [0, 0.05) is 0 Å². The predicted octanol–water partition coefficient (Wildman–Crippen LogP) is 2.75. The average Bonchev–Trinajstić information content (AvgIpc) is 2.49. The van der Waals surface area contributed by atoms with Gasteiger partial charge in [-0.05, 0) is 24.6 Å². The van der Waals surface area contributed by atoms with Crippen LogP contribution in [0.2, 0.25) is 5.02 Å². The summed E-state index contributed by atoms with van der Waals surface area (Å²) in [5, 5.41) is 21.9. The van der Waals surface area contributed by atoms with Gasteiger partial charge >= 0.3 is 5.97 Å². The molecule has 1 unspecified atom stereocenters. The van der Waals surface area contributed by atoms with Crippen molar-refractivity contribution in [3.8, 4) is 0 Å². The number of nitrogens with one attached hydrogen (secondary N) is 1. The minimum atomic E-state index is -1.20. The van der Waals surface area contributed by atoms with E-state index in [-0.39, 0.29) is 17.3 Å². The summed E-state index contributed by atoms with van der Waals surface area (Å²) in [4.78, 5) is 15.0. The molecule has 0 spiro atoms. The van der Waals surface area contributed by atoms with E-state index in [1.165, 1.54) is 6.07 Å². The number of carboxylic acid groups (broad SMARTS) is 1. The van der Waals surface area contributed by atoms with Crippen LogP contribution in [0.1, 0.15) is 23.0 Å². The number of aromatic carboxylic acids is 1. The van der Waals surface area contributed by atoms with Crippen molar-refractivity contribution < 1.29 is 15.0 Å². The van der Waals surface area contributed by atoms with Gasteiger partial charge in [-0.1, -0.05) is 41.9 Å². The molecule has 1 atom stereocenters. The number of benzene rings is 1. The lowest BCUT2D eigenvalue weighted by Gasteiger charge is -2.30. The Kier molecular flexibility index (Phi) is 4.45. The van der Waals surface area contributed by atoms with Crippen LogP contribution in [0.25, 0.3) is 0 Å². The largest absolute Gasteiger partial charge is 0.476 e. The maximum absolute atomic E-state index is 11.1. The van der Waals surface area contributed by atoms with Gasteiger partial charge in [0.05, 0.1) is 17.2 Å². The fourth-order valence-electron chi connectivity index (χ4n) is 1.95. The lowest BCUT2D eigenvalue weighted by Crippen LogP contribution is -2.36. The molecule has 0 radical (unpaired) electrons. The minimum absolute atomic E-state index is 0.0680. The number of rotatable bonds is 5. The second kappa shape index (κ2) is 6.11. The van der Waals surface area contributed by atoms with Gasteiger partial charge in [0.2, 0.25) is 0 Å². The van der Waals surface area contributed by atoms with Crippen LogP contribution in [0.3, 0.4) is 0 Å². The highest BCUT2D eigenvalue weighted by Crippen LogP contribution is 2.26. The molecule has 5 nitrogen and oxygen atoms in total. The summed E-state index contributed by atoms with van der Waals surface area (Å²) in [5.41, 5.74) is -0.145. The average molecular weight is 307 g/mol. The molecular formula is C15H15ClN2O3. The van der Waals surface area contributed by atoms with Crippen LogP contribution < -0.4 is 5.32 Å². The van der Waals surface area contributed by atoms with E-state index in [0.717, 1.165) is 5.56 Å². The quantitative estimate of drug-likeness (QED) is 0.791. The molecule has 0 saturated heterocycles. The molecule has 0 amide bonds. The Balaban J connectivity index is 2.35. The van der Waals surface area contributed by atoms with Crippen LogP contribution in [-0.2, 0) is 5.54 Å². The highest BCUT2D eigenvalue weighted by Gasteiger charge is 2.26. The number of hydrogen-bond donors (Lipinski definition) is 3. The Hall–Kier alpha value is -2.11. The number of aliphatic hydroxyl groups is 1. The zero-order valence-corrected chi connectivity index (χ0v) is 12.1. The standard InChI is InChI=1S/C15H15ClN2O3/c1-15(9-19,10-5-3-2-4-6-10)18-12-8-7-11(16)13(17-12)14(20)21/h2-8,19H,9H2,1H3,(H,17,18)(H,20,21). The molecule has 0 fully saturated rings. The molecule has 2 aromatic rings. The molecule has 0 aliphatic carbocycles. The van der Waals surface area contributed by atoms with Gasteiger partial charge in [0.25, 0.3) is 0 Å². The van der Waals surface area contributed by atoms with Crippen LogP contribution in [0, 0.1) is 0 Å². The highest BCUT2D eigenvalue weighted by molar-refractivity contribution is 6.33. The molecule has 1 aromatic heterocycles. The zero-order chi connectivity index (χ0) is 15.5. The Morgan fingerprint density at radius 1 is 1.29 bits per heavy atom. The fraction of sp³-hybridized carbons (Fsp3) is 0.200. The van der Waals surface area contributed by atoms with Crippen molar-refractivity contribution >= 4 is 23.4 Å². The van der Waals surface area contributed by atoms with Crippen LogP contribution in [0.15, 0.2) is 42.5 Å². The summed E-state index contributed by atoms with van der Waals surface area (Å²) in [6.07, 6.45) is 0. The van der Waals surface area contributed by atoms with Crippen LogP contribution in [-0.4, -0.2) is 27.8 Å². The SMILES string of the molecule is CC(CO)(Nc1ccc(Cl)c(C(=O)O)n1)c1ccccc1. The third-order valence-electron chi connectivity index (χ3n) is 3.18. The van der Waals surface area contributed by atoms with Crippen molar-refractivity contribution in [3.63, 3.8) is 0 Å². The Labute approximate surface area is 127 Å². The number of carbonyl (C=O) groups is 1. The lowest BCUT2D eigenvalue weighted by atomic mass is 9.93. The number of pyridine rings is 1. The molecule has 110 valence electrons. The Morgan fingerprint density at radius 3 is 2.52 bits per heavy atom. The molecule has 0 saturated carbocycles. The van der Waals surface area contributed by atoms with E-state index in [9.17, 15) is 9.90 Å². The van der Waals surface area contributed by atoms with E-state index < -0.39 is 11.5 Å². The van der Waals surface area contributed by atoms with Crippen molar-refractivity contribution in [1.82, 2.24) is 4.98 Å². The van der Waals surface area contributed by atoms with Gasteiger partial charge in [0.15, 0.2) is 5.69 Å². The smallest absolute Gasteiger partial charge is 0.356 e. The Morgan fingerprint density at radius 2 is 1.95 bits per heavy atom. The number of carboxylic acids is 1. The minimum Gasteiger partial charge on any atom is -0.476 e. The van der Waals surface area contributed by atoms with E-state index in [4.69, 9.17) is 16.7 Å². The van der Waals surface area contributed by atoms with Crippen LogP contribution in [0.4, 0.5) is 5.82 Å². The normalized spacial score (nSPS) is 13.5.